The predicted molar refractivity (Wildman–Crippen MR) is 102 cm³/mol. The van der Waals surface area contributed by atoms with E-state index >= 15 is 0 Å². The molecule has 4 heteroatoms. The van der Waals surface area contributed by atoms with Crippen LogP contribution in [0.25, 0.3) is 0 Å². The minimum atomic E-state index is -0.00621. The number of hydrogen-bond acceptors (Lipinski definition) is 4. The maximum Gasteiger partial charge on any atom is 0.146 e. The van der Waals surface area contributed by atoms with Gasteiger partial charge in [0.05, 0.1) is 13.2 Å². The highest BCUT2D eigenvalue weighted by molar-refractivity contribution is 5.45. The van der Waals surface area contributed by atoms with Crippen molar-refractivity contribution in [3.8, 4) is 11.5 Å². The van der Waals surface area contributed by atoms with Crippen LogP contribution in [0.5, 0.6) is 11.5 Å². The summed E-state index contributed by atoms with van der Waals surface area (Å²) in [5, 5.41) is 0. The van der Waals surface area contributed by atoms with E-state index in [2.05, 4.69) is 45.0 Å². The second-order valence-corrected chi connectivity index (χ2v) is 6.93. The molecule has 2 aromatic rings. The molecule has 0 spiro atoms. The second kappa shape index (κ2) is 8.56. The van der Waals surface area contributed by atoms with Gasteiger partial charge < -0.3 is 18.9 Å². The Morgan fingerprint density at radius 1 is 1.15 bits per heavy atom. The number of hydrogen-bond donors (Lipinski definition) is 0. The Labute approximate surface area is 156 Å². The largest absolute Gasteiger partial charge is 0.493 e. The molecule has 0 fully saturated rings. The summed E-state index contributed by atoms with van der Waals surface area (Å²) >= 11 is 0. The predicted octanol–water partition coefficient (Wildman–Crippen LogP) is 4.93. The van der Waals surface area contributed by atoms with Crippen molar-refractivity contribution in [1.82, 2.24) is 0 Å². The van der Waals surface area contributed by atoms with Crippen molar-refractivity contribution in [2.75, 3.05) is 27.1 Å². The lowest BCUT2D eigenvalue weighted by atomic mass is 9.98. The minimum Gasteiger partial charge on any atom is -0.493 e. The summed E-state index contributed by atoms with van der Waals surface area (Å²) in [6, 6.07) is 12.6. The summed E-state index contributed by atoms with van der Waals surface area (Å²) in [7, 11) is 1.63. The molecular weight excluding hydrogens is 328 g/mol. The molecule has 0 saturated carbocycles. The molecule has 1 heterocycles. The van der Waals surface area contributed by atoms with Crippen molar-refractivity contribution >= 4 is 0 Å². The van der Waals surface area contributed by atoms with Crippen LogP contribution >= 0.6 is 0 Å². The SMILES string of the molecule is COCOCC[C@@H]1COc2cc(OC(C)c3ccc(C)cc3C)ccc21. The van der Waals surface area contributed by atoms with E-state index in [0.717, 1.165) is 17.9 Å². The summed E-state index contributed by atoms with van der Waals surface area (Å²) in [6.45, 7) is 8.03. The van der Waals surface area contributed by atoms with Gasteiger partial charge in [0.15, 0.2) is 0 Å². The van der Waals surface area contributed by atoms with E-state index in [4.69, 9.17) is 18.9 Å². The van der Waals surface area contributed by atoms with Gasteiger partial charge in [0, 0.05) is 24.7 Å². The van der Waals surface area contributed by atoms with E-state index in [-0.39, 0.29) is 6.10 Å². The molecule has 2 atom stereocenters. The van der Waals surface area contributed by atoms with E-state index in [9.17, 15) is 0 Å². The Morgan fingerprint density at radius 3 is 2.77 bits per heavy atom. The fraction of sp³-hybridized carbons (Fsp3) is 0.455. The van der Waals surface area contributed by atoms with Crippen LogP contribution in [0.2, 0.25) is 0 Å². The molecule has 3 rings (SSSR count). The van der Waals surface area contributed by atoms with Crippen LogP contribution in [0.3, 0.4) is 0 Å². The number of benzene rings is 2. The van der Waals surface area contributed by atoms with Crippen molar-refractivity contribution in [2.45, 2.75) is 39.2 Å². The van der Waals surface area contributed by atoms with E-state index in [1.807, 2.05) is 12.1 Å². The molecule has 1 aliphatic heterocycles. The average Bonchev–Trinajstić information content (AvgIpc) is 3.01. The molecule has 0 aromatic heterocycles. The van der Waals surface area contributed by atoms with Crippen LogP contribution in [0.1, 0.15) is 47.6 Å². The number of methoxy groups -OCH3 is 1. The van der Waals surface area contributed by atoms with Crippen molar-refractivity contribution in [3.05, 3.63) is 58.7 Å². The molecule has 26 heavy (non-hydrogen) atoms. The Kier molecular flexibility index (Phi) is 6.17. The van der Waals surface area contributed by atoms with Crippen molar-refractivity contribution in [2.24, 2.45) is 0 Å². The Hall–Kier alpha value is -2.04. The van der Waals surface area contributed by atoms with Crippen molar-refractivity contribution in [3.63, 3.8) is 0 Å². The van der Waals surface area contributed by atoms with E-state index in [0.29, 0.717) is 25.9 Å². The van der Waals surface area contributed by atoms with Gasteiger partial charge in [-0.3, -0.25) is 0 Å². The van der Waals surface area contributed by atoms with E-state index in [1.54, 1.807) is 7.11 Å². The fourth-order valence-corrected chi connectivity index (χ4v) is 3.49. The maximum absolute atomic E-state index is 6.17. The number of ether oxygens (including phenoxy) is 4. The van der Waals surface area contributed by atoms with Gasteiger partial charge in [-0.25, -0.2) is 0 Å². The molecule has 0 aliphatic carbocycles. The lowest BCUT2D eigenvalue weighted by Gasteiger charge is -2.18. The van der Waals surface area contributed by atoms with Crippen LogP contribution in [-0.2, 0) is 9.47 Å². The first-order valence-electron chi connectivity index (χ1n) is 9.15. The average molecular weight is 356 g/mol. The molecule has 0 N–H and O–H groups in total. The summed E-state index contributed by atoms with van der Waals surface area (Å²) in [6.07, 6.45) is 0.920. The third kappa shape index (κ3) is 4.37. The molecule has 0 radical (unpaired) electrons. The first-order chi connectivity index (χ1) is 12.6. The van der Waals surface area contributed by atoms with Crippen LogP contribution in [0, 0.1) is 13.8 Å². The Morgan fingerprint density at radius 2 is 2.00 bits per heavy atom. The molecule has 140 valence electrons. The lowest BCUT2D eigenvalue weighted by molar-refractivity contribution is -0.0328. The van der Waals surface area contributed by atoms with Crippen molar-refractivity contribution in [1.29, 1.82) is 0 Å². The molecule has 2 aromatic carbocycles. The molecule has 1 aliphatic rings. The van der Waals surface area contributed by atoms with Crippen LogP contribution in [-0.4, -0.2) is 27.1 Å². The van der Waals surface area contributed by atoms with Gasteiger partial charge in [0.2, 0.25) is 0 Å². The van der Waals surface area contributed by atoms with E-state index in [1.165, 1.54) is 22.3 Å². The Bertz CT molecular complexity index is 741. The van der Waals surface area contributed by atoms with Gasteiger partial charge in [-0.2, -0.15) is 0 Å². The second-order valence-electron chi connectivity index (χ2n) is 6.93. The third-order valence-corrected chi connectivity index (χ3v) is 4.85. The summed E-state index contributed by atoms with van der Waals surface area (Å²) in [4.78, 5) is 0. The molecule has 0 bridgehead atoms. The molecule has 1 unspecified atom stereocenters. The van der Waals surface area contributed by atoms with E-state index < -0.39 is 0 Å². The monoisotopic (exact) mass is 356 g/mol. The number of rotatable bonds is 8. The minimum absolute atomic E-state index is 0.00621. The topological polar surface area (TPSA) is 36.9 Å². The first-order valence-corrected chi connectivity index (χ1v) is 9.15. The van der Waals surface area contributed by atoms with Gasteiger partial charge in [0.1, 0.15) is 24.4 Å². The summed E-state index contributed by atoms with van der Waals surface area (Å²) in [5.41, 5.74) is 4.97. The normalized spacial score (nSPS) is 16.8. The number of fused-ring (bicyclic) bond motifs is 1. The van der Waals surface area contributed by atoms with Gasteiger partial charge in [-0.1, -0.05) is 29.8 Å². The van der Waals surface area contributed by atoms with Crippen LogP contribution in [0.4, 0.5) is 0 Å². The lowest BCUT2D eigenvalue weighted by Crippen LogP contribution is -2.06. The van der Waals surface area contributed by atoms with Gasteiger partial charge in [-0.15, -0.1) is 0 Å². The zero-order chi connectivity index (χ0) is 18.5. The number of aryl methyl sites for hydroxylation is 2. The molecule has 0 saturated heterocycles. The molecule has 4 nitrogen and oxygen atoms in total. The van der Waals surface area contributed by atoms with Gasteiger partial charge in [0.25, 0.3) is 0 Å². The fourth-order valence-electron chi connectivity index (χ4n) is 3.49. The van der Waals surface area contributed by atoms with Gasteiger partial charge >= 0.3 is 0 Å². The van der Waals surface area contributed by atoms with Gasteiger partial charge in [-0.05, 0) is 44.4 Å². The zero-order valence-corrected chi connectivity index (χ0v) is 16.1. The Balaban J connectivity index is 1.64. The highest BCUT2D eigenvalue weighted by Gasteiger charge is 2.24. The molecule has 0 amide bonds. The highest BCUT2D eigenvalue weighted by Crippen LogP contribution is 2.39. The first kappa shape index (κ1) is 18.7. The third-order valence-electron chi connectivity index (χ3n) is 4.85. The smallest absolute Gasteiger partial charge is 0.146 e. The van der Waals surface area contributed by atoms with Crippen LogP contribution < -0.4 is 9.47 Å². The summed E-state index contributed by atoms with van der Waals surface area (Å²) in [5.74, 6) is 2.13. The van der Waals surface area contributed by atoms with Crippen molar-refractivity contribution < 1.29 is 18.9 Å². The maximum atomic E-state index is 6.17. The quantitative estimate of drug-likeness (QED) is 0.496. The summed E-state index contributed by atoms with van der Waals surface area (Å²) < 4.78 is 22.4. The molecular formula is C22H28O4. The zero-order valence-electron chi connectivity index (χ0n) is 16.1. The standard InChI is InChI=1S/C22H28O4/c1-15-5-7-20(16(2)11-15)17(3)26-19-6-8-21-18(9-10-24-14-23-4)13-25-22(21)12-19/h5-8,11-12,17-18H,9-10,13-14H2,1-4H3/t17?,18-/m1/s1. The van der Waals surface area contributed by atoms with Crippen LogP contribution in [0.15, 0.2) is 36.4 Å². The highest BCUT2D eigenvalue weighted by atomic mass is 16.7.